The molecule has 2 atom stereocenters. The van der Waals surface area contributed by atoms with Crippen LogP contribution in [-0.4, -0.2) is 47.9 Å². The second kappa shape index (κ2) is 12.2. The molecule has 39 heavy (non-hydrogen) atoms. The van der Waals surface area contributed by atoms with Crippen molar-refractivity contribution in [1.29, 1.82) is 5.26 Å². The Balaban J connectivity index is 0.00000353. The molecule has 0 aliphatic rings. The van der Waals surface area contributed by atoms with Crippen LogP contribution in [0.15, 0.2) is 85.1 Å². The van der Waals surface area contributed by atoms with Crippen LogP contribution in [0.4, 0.5) is 5.69 Å². The fraction of sp³-hybridized carbons (Fsp3) is 0.226. The lowest BCUT2D eigenvalue weighted by molar-refractivity contribution is 0.0783. The molecule has 0 bridgehead atoms. The van der Waals surface area contributed by atoms with Crippen LogP contribution in [0.5, 0.6) is 17.4 Å². The number of hydrogen-bond donors (Lipinski definition) is 2. The van der Waals surface area contributed by atoms with Gasteiger partial charge in [-0.15, -0.1) is 12.4 Å². The summed E-state index contributed by atoms with van der Waals surface area (Å²) in [5.74, 6) is 1.85. The molecule has 2 aromatic heterocycles. The first kappa shape index (κ1) is 27.9. The van der Waals surface area contributed by atoms with Gasteiger partial charge in [-0.25, -0.2) is 4.98 Å². The number of aromatic nitrogens is 2. The summed E-state index contributed by atoms with van der Waals surface area (Å²) in [4.78, 5) is 7.60. The molecule has 1 unspecified atom stereocenters. The number of likely N-dealkylation sites (N-methyl/N-ethyl adjacent to an activating group) is 1. The number of nitrogens with zero attached hydrogens (tertiary/aromatic N) is 3. The van der Waals surface area contributed by atoms with E-state index < -0.39 is 6.10 Å². The van der Waals surface area contributed by atoms with Gasteiger partial charge in [-0.05, 0) is 42.8 Å². The molecule has 3 aromatic carbocycles. The molecule has 200 valence electrons. The van der Waals surface area contributed by atoms with E-state index in [-0.39, 0.29) is 19.0 Å². The Kier molecular flexibility index (Phi) is 8.72. The van der Waals surface area contributed by atoms with E-state index in [1.54, 1.807) is 12.1 Å². The van der Waals surface area contributed by atoms with Gasteiger partial charge >= 0.3 is 0 Å². The van der Waals surface area contributed by atoms with Gasteiger partial charge in [0, 0.05) is 40.7 Å². The van der Waals surface area contributed by atoms with Gasteiger partial charge in [-0.2, -0.15) is 5.26 Å². The lowest BCUT2D eigenvalue weighted by Gasteiger charge is -2.35. The van der Waals surface area contributed by atoms with Crippen molar-refractivity contribution < 1.29 is 14.6 Å². The average molecular weight is 544 g/mol. The molecular formula is C31H32ClN4O3+. The van der Waals surface area contributed by atoms with Crippen LogP contribution in [0.1, 0.15) is 18.9 Å². The number of H-pyrrole nitrogens is 1. The van der Waals surface area contributed by atoms with Crippen LogP contribution in [0.25, 0.3) is 21.8 Å². The summed E-state index contributed by atoms with van der Waals surface area (Å²) in [6, 6.07) is 27.4. The zero-order chi connectivity index (χ0) is 26.5. The predicted octanol–water partition coefficient (Wildman–Crippen LogP) is 6.59. The van der Waals surface area contributed by atoms with E-state index in [0.717, 1.165) is 46.2 Å². The number of benzene rings is 3. The number of aliphatic hydroxyl groups excluding tert-OH is 1. The molecule has 0 fully saturated rings. The number of fused-ring (bicyclic) bond motifs is 3. The Morgan fingerprint density at radius 1 is 1.00 bits per heavy atom. The molecule has 0 spiro atoms. The van der Waals surface area contributed by atoms with Gasteiger partial charge < -0.3 is 19.6 Å². The van der Waals surface area contributed by atoms with E-state index in [1.807, 2.05) is 54.6 Å². The Morgan fingerprint density at radius 2 is 1.77 bits per heavy atom. The number of nitrogens with one attached hydrogen (secondary N) is 1. The maximum absolute atomic E-state index is 11.1. The molecule has 0 saturated carbocycles. The van der Waals surface area contributed by atoms with Gasteiger partial charge in [0.2, 0.25) is 5.88 Å². The third-order valence-electron chi connectivity index (χ3n) is 6.80. The summed E-state index contributed by atoms with van der Waals surface area (Å²) >= 11 is 0. The van der Waals surface area contributed by atoms with Crippen LogP contribution in [0.2, 0.25) is 0 Å². The first-order valence-corrected chi connectivity index (χ1v) is 12.8. The lowest BCUT2D eigenvalue weighted by atomic mass is 10.1. The minimum atomic E-state index is -0.661. The highest BCUT2D eigenvalue weighted by atomic mass is 35.5. The maximum atomic E-state index is 11.1. The summed E-state index contributed by atoms with van der Waals surface area (Å²) in [7, 11) is 2.13. The average Bonchev–Trinajstić information content (AvgIpc) is 3.32. The predicted molar refractivity (Wildman–Crippen MR) is 158 cm³/mol. The number of nitriles is 1. The fourth-order valence-electron chi connectivity index (χ4n) is 5.01. The molecule has 0 amide bonds. The molecule has 5 aromatic rings. The first-order valence-electron chi connectivity index (χ1n) is 12.8. The summed E-state index contributed by atoms with van der Waals surface area (Å²) in [6.45, 7) is 3.72. The Hall–Kier alpha value is -4.09. The molecule has 0 aliphatic carbocycles. The number of halogens is 1. The van der Waals surface area contributed by atoms with Gasteiger partial charge in [0.15, 0.2) is 0 Å². The first-order chi connectivity index (χ1) is 18.5. The number of quaternary nitrogens is 1. The smallest absolute Gasteiger partial charge is 0.219 e. The Bertz CT molecular complexity index is 1580. The van der Waals surface area contributed by atoms with Crippen molar-refractivity contribution in [2.45, 2.75) is 19.4 Å². The monoisotopic (exact) mass is 543 g/mol. The molecular weight excluding hydrogens is 512 g/mol. The topological polar surface area (TPSA) is 91.2 Å². The van der Waals surface area contributed by atoms with Crippen molar-refractivity contribution >= 4 is 39.9 Å². The Labute approximate surface area is 234 Å². The number of aromatic amines is 1. The van der Waals surface area contributed by atoms with Gasteiger partial charge in [-0.1, -0.05) is 31.2 Å². The number of hydrogen-bond acceptors (Lipinski definition) is 5. The minimum Gasteiger partial charge on any atom is -0.490 e. The van der Waals surface area contributed by atoms with Gasteiger partial charge in [0.25, 0.3) is 0 Å². The molecule has 0 aliphatic heterocycles. The second-order valence-corrected chi connectivity index (χ2v) is 9.71. The molecule has 0 saturated heterocycles. The largest absolute Gasteiger partial charge is 0.490 e. The molecule has 7 nitrogen and oxygen atoms in total. The van der Waals surface area contributed by atoms with Crippen molar-refractivity contribution in [1.82, 2.24) is 14.5 Å². The van der Waals surface area contributed by atoms with Crippen LogP contribution in [-0.2, 0) is 0 Å². The van der Waals surface area contributed by atoms with Crippen LogP contribution in [0.3, 0.4) is 0 Å². The summed E-state index contributed by atoms with van der Waals surface area (Å²) in [5, 5.41) is 22.1. The van der Waals surface area contributed by atoms with Crippen molar-refractivity contribution in [2.75, 3.05) is 26.7 Å². The molecule has 5 rings (SSSR count). The highest BCUT2D eigenvalue weighted by Gasteiger charge is 2.28. The minimum absolute atomic E-state index is 0. The summed E-state index contributed by atoms with van der Waals surface area (Å²) in [6.07, 6.45) is 1.79. The number of para-hydroxylation sites is 1. The van der Waals surface area contributed by atoms with Crippen LogP contribution < -0.4 is 14.0 Å². The number of aliphatic hydroxyl groups is 1. The van der Waals surface area contributed by atoms with E-state index in [9.17, 15) is 5.11 Å². The zero-order valence-corrected chi connectivity index (χ0v) is 22.8. The highest BCUT2D eigenvalue weighted by molar-refractivity contribution is 6.10. The highest BCUT2D eigenvalue weighted by Crippen LogP contribution is 2.33. The lowest BCUT2D eigenvalue weighted by Crippen LogP contribution is -2.51. The fourth-order valence-corrected chi connectivity index (χ4v) is 5.01. The molecule has 8 heteroatoms. The molecule has 0 radical (unpaired) electrons. The van der Waals surface area contributed by atoms with E-state index >= 15 is 0 Å². The van der Waals surface area contributed by atoms with Gasteiger partial charge in [-0.3, -0.25) is 4.48 Å². The third-order valence-corrected chi connectivity index (χ3v) is 6.80. The van der Waals surface area contributed by atoms with Gasteiger partial charge in [0.05, 0.1) is 24.7 Å². The van der Waals surface area contributed by atoms with Crippen LogP contribution >= 0.6 is 12.4 Å². The quantitative estimate of drug-likeness (QED) is 0.194. The summed E-state index contributed by atoms with van der Waals surface area (Å²) in [5.41, 5.74) is 3.64. The normalized spacial score (nSPS) is 13.3. The Morgan fingerprint density at radius 3 is 2.49 bits per heavy atom. The van der Waals surface area contributed by atoms with E-state index in [1.165, 1.54) is 6.20 Å². The van der Waals surface area contributed by atoms with Crippen LogP contribution in [0, 0.1) is 11.3 Å². The molecule has 2 heterocycles. The number of pyridine rings is 1. The van der Waals surface area contributed by atoms with Crippen molar-refractivity contribution in [3.8, 4) is 23.4 Å². The standard InChI is InChI=1S/C31H31N4O3.ClH/c1-3-17-35(2,23-12-14-25(15-13-23)38-30-16-11-22(18-32)19-33-30)20-24(36)21-37-29-10-6-9-28-31(29)26-7-4-5-8-27(26)34-28;/h4-16,19,24,34,36H,3,17,20-21H2,1-2H3;1H/q+1;/t24?,35-;/m0./s1. The van der Waals surface area contributed by atoms with E-state index in [0.29, 0.717) is 28.2 Å². The van der Waals surface area contributed by atoms with E-state index in [4.69, 9.17) is 14.7 Å². The maximum Gasteiger partial charge on any atom is 0.219 e. The number of ether oxygens (including phenoxy) is 2. The number of rotatable bonds is 10. The third kappa shape index (κ3) is 6.15. The molecule has 2 N–H and O–H groups in total. The SMILES string of the molecule is CCC[N@@+](C)(CC(O)COc1cccc2[nH]c3ccccc3c12)c1ccc(Oc2ccc(C#N)cn2)cc1.Cl. The van der Waals surface area contributed by atoms with Gasteiger partial charge in [0.1, 0.15) is 42.5 Å². The van der Waals surface area contributed by atoms with Crippen molar-refractivity contribution in [3.05, 3.63) is 90.6 Å². The summed E-state index contributed by atoms with van der Waals surface area (Å²) < 4.78 is 12.6. The van der Waals surface area contributed by atoms with Crippen molar-refractivity contribution in [2.24, 2.45) is 0 Å². The zero-order valence-electron chi connectivity index (χ0n) is 22.0. The van der Waals surface area contributed by atoms with Crippen molar-refractivity contribution in [3.63, 3.8) is 0 Å². The van der Waals surface area contributed by atoms with E-state index in [2.05, 4.69) is 42.1 Å². The second-order valence-electron chi connectivity index (χ2n) is 9.71.